The lowest BCUT2D eigenvalue weighted by atomic mass is 10.3. The van der Waals surface area contributed by atoms with E-state index in [-0.39, 0.29) is 21.4 Å². The number of anilines is 1. The van der Waals surface area contributed by atoms with Crippen molar-refractivity contribution in [2.45, 2.75) is 11.8 Å². The number of para-hydroxylation sites is 1. The van der Waals surface area contributed by atoms with Crippen LogP contribution in [0.25, 0.3) is 0 Å². The fraction of sp³-hybridized carbons (Fsp3) is 0.0714. The molecule has 0 atom stereocenters. The van der Waals surface area contributed by atoms with Crippen LogP contribution >= 0.6 is 11.6 Å². The summed E-state index contributed by atoms with van der Waals surface area (Å²) in [6.07, 6.45) is 0. The summed E-state index contributed by atoms with van der Waals surface area (Å²) in [6.45, 7) is 1.09. The average molecular weight is 341 g/mol. The first-order valence-electron chi connectivity index (χ1n) is 6.15. The van der Waals surface area contributed by atoms with Gasteiger partial charge in [-0.2, -0.15) is 0 Å². The van der Waals surface area contributed by atoms with Crippen LogP contribution in [-0.4, -0.2) is 14.3 Å². The maximum absolute atomic E-state index is 12.0. The highest BCUT2D eigenvalue weighted by atomic mass is 35.5. The maximum Gasteiger partial charge on any atom is 0.265 e. The Balaban J connectivity index is 2.39. The summed E-state index contributed by atoms with van der Waals surface area (Å²) in [5, 5.41) is -0.206. The Hall–Kier alpha value is -2.25. The molecule has 0 bridgehead atoms. The van der Waals surface area contributed by atoms with Crippen molar-refractivity contribution in [3.05, 3.63) is 47.5 Å². The molecule has 22 heavy (non-hydrogen) atoms. The van der Waals surface area contributed by atoms with Crippen molar-refractivity contribution in [3.63, 3.8) is 0 Å². The zero-order valence-corrected chi connectivity index (χ0v) is 13.1. The molecule has 1 amide bonds. The number of carbonyl (C=O) groups is 1. The van der Waals surface area contributed by atoms with Crippen molar-refractivity contribution in [2.24, 2.45) is 0 Å². The lowest BCUT2D eigenvalue weighted by Gasteiger charge is -2.13. The van der Waals surface area contributed by atoms with Gasteiger partial charge in [0.15, 0.2) is 5.75 Å². The molecule has 6 nitrogen and oxygen atoms in total. The smallest absolute Gasteiger partial charge is 0.265 e. The molecular formula is C14H13ClN2O4S. The SMILES string of the molecule is CC(=O)NS(=O)(=O)c1ccc(Oc2ccccc2)c(N)c1Cl. The largest absolute Gasteiger partial charge is 0.455 e. The molecule has 0 spiro atoms. The van der Waals surface area contributed by atoms with Crippen LogP contribution in [0.2, 0.25) is 5.02 Å². The number of benzene rings is 2. The second kappa shape index (κ2) is 6.25. The molecule has 0 aliphatic rings. The molecule has 2 rings (SSSR count). The van der Waals surface area contributed by atoms with E-state index < -0.39 is 15.9 Å². The maximum atomic E-state index is 12.0. The van der Waals surface area contributed by atoms with E-state index in [1.54, 1.807) is 24.3 Å². The zero-order valence-electron chi connectivity index (χ0n) is 11.5. The Morgan fingerprint density at radius 3 is 2.41 bits per heavy atom. The first-order valence-corrected chi connectivity index (χ1v) is 8.01. The van der Waals surface area contributed by atoms with Crippen LogP contribution in [0.1, 0.15) is 6.92 Å². The predicted molar refractivity (Wildman–Crippen MR) is 83.4 cm³/mol. The molecule has 2 aromatic rings. The highest BCUT2D eigenvalue weighted by molar-refractivity contribution is 7.90. The van der Waals surface area contributed by atoms with Crippen molar-refractivity contribution >= 4 is 33.2 Å². The third-order valence-electron chi connectivity index (χ3n) is 2.64. The molecule has 0 saturated heterocycles. The Morgan fingerprint density at radius 1 is 1.18 bits per heavy atom. The average Bonchev–Trinajstić information content (AvgIpc) is 2.43. The van der Waals surface area contributed by atoms with Gasteiger partial charge in [0.25, 0.3) is 10.0 Å². The van der Waals surface area contributed by atoms with Crippen LogP contribution in [0.15, 0.2) is 47.4 Å². The first kappa shape index (κ1) is 16.1. The third kappa shape index (κ3) is 3.49. The molecule has 0 aromatic heterocycles. The summed E-state index contributed by atoms with van der Waals surface area (Å²) >= 11 is 6.00. The summed E-state index contributed by atoms with van der Waals surface area (Å²) < 4.78 is 31.3. The van der Waals surface area contributed by atoms with Crippen molar-refractivity contribution in [1.29, 1.82) is 0 Å². The summed E-state index contributed by atoms with van der Waals surface area (Å²) in [5.41, 5.74) is 5.79. The van der Waals surface area contributed by atoms with Gasteiger partial charge in [-0.3, -0.25) is 4.79 Å². The van der Waals surface area contributed by atoms with Crippen molar-refractivity contribution in [2.75, 3.05) is 5.73 Å². The minimum atomic E-state index is -4.07. The molecule has 8 heteroatoms. The van der Waals surface area contributed by atoms with E-state index in [1.807, 2.05) is 10.8 Å². The van der Waals surface area contributed by atoms with Gasteiger partial charge >= 0.3 is 0 Å². The molecule has 0 radical (unpaired) electrons. The molecule has 0 unspecified atom stereocenters. The Labute approximate surface area is 132 Å². The highest BCUT2D eigenvalue weighted by Crippen LogP contribution is 2.37. The van der Waals surface area contributed by atoms with Crippen LogP contribution in [-0.2, 0) is 14.8 Å². The van der Waals surface area contributed by atoms with Gasteiger partial charge in [-0.15, -0.1) is 0 Å². The van der Waals surface area contributed by atoms with Crippen molar-refractivity contribution in [1.82, 2.24) is 4.72 Å². The van der Waals surface area contributed by atoms with Gasteiger partial charge < -0.3 is 10.5 Å². The van der Waals surface area contributed by atoms with Gasteiger partial charge in [-0.1, -0.05) is 29.8 Å². The molecule has 0 fully saturated rings. The van der Waals surface area contributed by atoms with E-state index in [0.717, 1.165) is 6.92 Å². The van der Waals surface area contributed by atoms with Crippen LogP contribution < -0.4 is 15.2 Å². The number of amides is 1. The summed E-state index contributed by atoms with van der Waals surface area (Å²) in [5.74, 6) is 0.0277. The minimum Gasteiger partial charge on any atom is -0.455 e. The number of hydrogen-bond acceptors (Lipinski definition) is 5. The second-order valence-electron chi connectivity index (χ2n) is 4.37. The van der Waals surface area contributed by atoms with Gasteiger partial charge in [-0.05, 0) is 24.3 Å². The standard InChI is InChI=1S/C14H13ClN2O4S/c1-9(18)17-22(19,20)12-8-7-11(14(16)13(12)15)21-10-5-3-2-4-6-10/h2-8H,16H2,1H3,(H,17,18). The Morgan fingerprint density at radius 2 is 1.82 bits per heavy atom. The molecule has 3 N–H and O–H groups in total. The Kier molecular flexibility index (Phi) is 4.58. The summed E-state index contributed by atoms with van der Waals surface area (Å²) in [4.78, 5) is 10.7. The normalized spacial score (nSPS) is 11.0. The van der Waals surface area contributed by atoms with E-state index in [2.05, 4.69) is 0 Å². The third-order valence-corrected chi connectivity index (χ3v) is 4.64. The summed E-state index contributed by atoms with van der Waals surface area (Å²) in [7, 11) is -4.07. The fourth-order valence-electron chi connectivity index (χ4n) is 1.71. The van der Waals surface area contributed by atoms with E-state index in [4.69, 9.17) is 22.1 Å². The molecule has 2 aromatic carbocycles. The van der Waals surface area contributed by atoms with Crippen LogP contribution in [0.4, 0.5) is 5.69 Å². The lowest BCUT2D eigenvalue weighted by molar-refractivity contribution is -0.117. The second-order valence-corrected chi connectivity index (χ2v) is 6.40. The van der Waals surface area contributed by atoms with Gasteiger partial charge in [-0.25, -0.2) is 13.1 Å². The number of halogens is 1. The van der Waals surface area contributed by atoms with Gasteiger partial charge in [0.05, 0.1) is 10.7 Å². The lowest BCUT2D eigenvalue weighted by Crippen LogP contribution is -2.28. The topological polar surface area (TPSA) is 98.5 Å². The first-order chi connectivity index (χ1) is 10.3. The van der Waals surface area contributed by atoms with Crippen LogP contribution in [0, 0.1) is 0 Å². The number of sulfonamides is 1. The van der Waals surface area contributed by atoms with E-state index >= 15 is 0 Å². The molecule has 0 saturated carbocycles. The minimum absolute atomic E-state index is 0.0306. The summed E-state index contributed by atoms with van der Waals surface area (Å²) in [6, 6.07) is 11.4. The fourth-order valence-corrected chi connectivity index (χ4v) is 3.25. The number of rotatable bonds is 4. The number of nitrogens with two attached hydrogens (primary N) is 1. The molecular weight excluding hydrogens is 328 g/mol. The van der Waals surface area contributed by atoms with E-state index in [1.165, 1.54) is 12.1 Å². The van der Waals surface area contributed by atoms with Crippen molar-refractivity contribution in [3.8, 4) is 11.5 Å². The number of hydrogen-bond donors (Lipinski definition) is 2. The van der Waals surface area contributed by atoms with Gasteiger partial charge in [0.1, 0.15) is 10.6 Å². The quantitative estimate of drug-likeness (QED) is 0.833. The predicted octanol–water partition coefficient (Wildman–Crippen LogP) is 2.54. The molecule has 0 aliphatic carbocycles. The van der Waals surface area contributed by atoms with E-state index in [0.29, 0.717) is 5.75 Å². The Bertz CT molecular complexity index is 807. The highest BCUT2D eigenvalue weighted by Gasteiger charge is 2.22. The number of carbonyl (C=O) groups excluding carboxylic acids is 1. The molecule has 0 aliphatic heterocycles. The van der Waals surface area contributed by atoms with Crippen molar-refractivity contribution < 1.29 is 17.9 Å². The number of nitrogen functional groups attached to an aromatic ring is 1. The zero-order chi connectivity index (χ0) is 16.3. The molecule has 116 valence electrons. The van der Waals surface area contributed by atoms with Gasteiger partial charge in [0.2, 0.25) is 5.91 Å². The van der Waals surface area contributed by atoms with Gasteiger partial charge in [0, 0.05) is 6.92 Å². The number of nitrogens with one attached hydrogen (secondary N) is 1. The monoisotopic (exact) mass is 340 g/mol. The van der Waals surface area contributed by atoms with E-state index in [9.17, 15) is 13.2 Å². The van der Waals surface area contributed by atoms with Crippen LogP contribution in [0.5, 0.6) is 11.5 Å². The molecule has 0 heterocycles. The van der Waals surface area contributed by atoms with Crippen LogP contribution in [0.3, 0.4) is 0 Å². The number of ether oxygens (including phenoxy) is 1.